The molecular formula is C14H20N4O. The molecule has 102 valence electrons. The maximum absolute atomic E-state index is 12.6. The minimum atomic E-state index is 0.0407. The molecule has 0 radical (unpaired) electrons. The van der Waals surface area contributed by atoms with E-state index in [-0.39, 0.29) is 5.91 Å². The second-order valence-electron chi connectivity index (χ2n) is 5.44. The number of carbonyl (C=O) groups is 1. The first-order valence-electron chi connectivity index (χ1n) is 7.10. The maximum Gasteiger partial charge on any atom is 0.274 e. The van der Waals surface area contributed by atoms with Crippen LogP contribution in [0.1, 0.15) is 42.6 Å². The van der Waals surface area contributed by atoms with Crippen LogP contribution >= 0.6 is 0 Å². The predicted molar refractivity (Wildman–Crippen MR) is 73.0 cm³/mol. The molecule has 1 saturated carbocycles. The molecule has 19 heavy (non-hydrogen) atoms. The highest BCUT2D eigenvalue weighted by molar-refractivity contribution is 5.92. The Morgan fingerprint density at radius 3 is 3.00 bits per heavy atom. The van der Waals surface area contributed by atoms with Crippen molar-refractivity contribution in [1.29, 1.82) is 0 Å². The third kappa shape index (κ3) is 2.29. The molecule has 5 heteroatoms. The Morgan fingerprint density at radius 1 is 1.32 bits per heavy atom. The van der Waals surface area contributed by atoms with Gasteiger partial charge in [0.2, 0.25) is 0 Å². The Balaban J connectivity index is 1.79. The molecule has 2 aliphatic rings. The maximum atomic E-state index is 12.6. The van der Waals surface area contributed by atoms with Crippen molar-refractivity contribution in [3.63, 3.8) is 0 Å². The first-order valence-corrected chi connectivity index (χ1v) is 7.10. The molecule has 2 atom stereocenters. The number of aromatic nitrogens is 2. The summed E-state index contributed by atoms with van der Waals surface area (Å²) < 4.78 is 0. The number of anilines is 1. The van der Waals surface area contributed by atoms with Crippen LogP contribution in [0.25, 0.3) is 0 Å². The minimum Gasteiger partial charge on any atom is -0.372 e. The highest BCUT2D eigenvalue weighted by Gasteiger charge is 2.38. The van der Waals surface area contributed by atoms with Crippen LogP contribution in [0, 0.1) is 5.92 Å². The number of amides is 1. The van der Waals surface area contributed by atoms with Gasteiger partial charge in [0.1, 0.15) is 11.5 Å². The van der Waals surface area contributed by atoms with Crippen molar-refractivity contribution < 1.29 is 4.79 Å². The van der Waals surface area contributed by atoms with E-state index in [1.54, 1.807) is 19.4 Å². The number of likely N-dealkylation sites (tertiary alicyclic amines) is 1. The zero-order valence-electron chi connectivity index (χ0n) is 11.3. The molecule has 3 rings (SSSR count). The Bertz CT molecular complexity index is 476. The monoisotopic (exact) mass is 260 g/mol. The Kier molecular flexibility index (Phi) is 3.36. The summed E-state index contributed by atoms with van der Waals surface area (Å²) in [5.74, 6) is 1.39. The van der Waals surface area contributed by atoms with Crippen LogP contribution in [0.4, 0.5) is 5.82 Å². The van der Waals surface area contributed by atoms with Gasteiger partial charge in [-0.3, -0.25) is 9.78 Å². The van der Waals surface area contributed by atoms with Gasteiger partial charge in [-0.25, -0.2) is 4.98 Å². The first-order chi connectivity index (χ1) is 9.29. The van der Waals surface area contributed by atoms with Gasteiger partial charge in [-0.05, 0) is 25.2 Å². The third-order valence-corrected chi connectivity index (χ3v) is 4.38. The van der Waals surface area contributed by atoms with Crippen molar-refractivity contribution in [2.45, 2.75) is 38.1 Å². The molecule has 0 aromatic carbocycles. The fourth-order valence-electron chi connectivity index (χ4n) is 3.39. The lowest BCUT2D eigenvalue weighted by Crippen LogP contribution is -2.39. The summed E-state index contributed by atoms with van der Waals surface area (Å²) >= 11 is 0. The number of nitrogens with one attached hydrogen (secondary N) is 1. The Morgan fingerprint density at radius 2 is 2.16 bits per heavy atom. The van der Waals surface area contributed by atoms with E-state index in [0.29, 0.717) is 23.5 Å². The number of carbonyl (C=O) groups excluding carboxylic acids is 1. The molecule has 1 N–H and O–H groups in total. The third-order valence-electron chi connectivity index (χ3n) is 4.38. The fraction of sp³-hybridized carbons (Fsp3) is 0.643. The predicted octanol–water partition coefficient (Wildman–Crippen LogP) is 1.92. The van der Waals surface area contributed by atoms with Gasteiger partial charge in [0.05, 0.1) is 12.4 Å². The number of nitrogens with zero attached hydrogens (tertiary/aromatic N) is 3. The number of hydrogen-bond acceptors (Lipinski definition) is 4. The largest absolute Gasteiger partial charge is 0.372 e. The van der Waals surface area contributed by atoms with Crippen LogP contribution in [0.3, 0.4) is 0 Å². The van der Waals surface area contributed by atoms with E-state index in [0.717, 1.165) is 19.4 Å². The molecule has 1 aromatic heterocycles. The van der Waals surface area contributed by atoms with Gasteiger partial charge in [-0.2, -0.15) is 0 Å². The Labute approximate surface area is 113 Å². The minimum absolute atomic E-state index is 0.0407. The summed E-state index contributed by atoms with van der Waals surface area (Å²) in [6.07, 6.45) is 9.33. The lowest BCUT2D eigenvalue weighted by atomic mass is 9.85. The molecule has 1 saturated heterocycles. The molecule has 0 bridgehead atoms. The SMILES string of the molecule is CNc1cncc(C(=O)N2CCC3CCCCC32)n1. The standard InChI is InChI=1S/C14H20N4O/c1-15-13-9-16-8-11(17-13)14(19)18-7-6-10-4-2-3-5-12(10)18/h8-10,12H,2-7H2,1H3,(H,15,17). The smallest absolute Gasteiger partial charge is 0.274 e. The van der Waals surface area contributed by atoms with Gasteiger partial charge in [0.15, 0.2) is 0 Å². The lowest BCUT2D eigenvalue weighted by Gasteiger charge is -2.31. The number of hydrogen-bond donors (Lipinski definition) is 1. The van der Waals surface area contributed by atoms with Crippen LogP contribution in [0.15, 0.2) is 12.4 Å². The van der Waals surface area contributed by atoms with Gasteiger partial charge in [0, 0.05) is 19.6 Å². The molecule has 2 unspecified atom stereocenters. The molecule has 2 fully saturated rings. The summed E-state index contributed by atoms with van der Waals surface area (Å²) in [7, 11) is 1.78. The first kappa shape index (κ1) is 12.4. The molecule has 5 nitrogen and oxygen atoms in total. The average Bonchev–Trinajstić information content (AvgIpc) is 2.90. The fourth-order valence-corrected chi connectivity index (χ4v) is 3.39. The van der Waals surface area contributed by atoms with Crippen molar-refractivity contribution in [3.05, 3.63) is 18.1 Å². The zero-order valence-corrected chi connectivity index (χ0v) is 11.3. The summed E-state index contributed by atoms with van der Waals surface area (Å²) in [6, 6.07) is 0.432. The van der Waals surface area contributed by atoms with Crippen molar-refractivity contribution in [3.8, 4) is 0 Å². The second kappa shape index (κ2) is 5.15. The van der Waals surface area contributed by atoms with E-state index in [1.165, 1.54) is 19.3 Å². The normalized spacial score (nSPS) is 26.1. The van der Waals surface area contributed by atoms with Crippen LogP contribution < -0.4 is 5.32 Å². The summed E-state index contributed by atoms with van der Waals surface area (Å²) in [5, 5.41) is 2.92. The van der Waals surface area contributed by atoms with Crippen LogP contribution in [0.2, 0.25) is 0 Å². The van der Waals surface area contributed by atoms with Gasteiger partial charge >= 0.3 is 0 Å². The van der Waals surface area contributed by atoms with Crippen molar-refractivity contribution in [1.82, 2.24) is 14.9 Å². The lowest BCUT2D eigenvalue weighted by molar-refractivity contribution is 0.0684. The van der Waals surface area contributed by atoms with Crippen LogP contribution in [-0.2, 0) is 0 Å². The van der Waals surface area contributed by atoms with Crippen LogP contribution in [-0.4, -0.2) is 40.4 Å². The van der Waals surface area contributed by atoms with E-state index >= 15 is 0 Å². The summed E-state index contributed by atoms with van der Waals surface area (Å²) in [5.41, 5.74) is 0.457. The van der Waals surface area contributed by atoms with E-state index in [1.807, 2.05) is 4.90 Å². The van der Waals surface area contributed by atoms with Crippen LogP contribution in [0.5, 0.6) is 0 Å². The topological polar surface area (TPSA) is 58.1 Å². The second-order valence-corrected chi connectivity index (χ2v) is 5.44. The van der Waals surface area contributed by atoms with Gasteiger partial charge in [0.25, 0.3) is 5.91 Å². The van der Waals surface area contributed by atoms with Gasteiger partial charge < -0.3 is 10.2 Å². The van der Waals surface area contributed by atoms with Crippen molar-refractivity contribution >= 4 is 11.7 Å². The van der Waals surface area contributed by atoms with E-state index in [9.17, 15) is 4.79 Å². The molecule has 1 amide bonds. The zero-order chi connectivity index (χ0) is 13.2. The summed E-state index contributed by atoms with van der Waals surface area (Å²) in [6.45, 7) is 0.875. The molecule has 0 spiro atoms. The molecule has 1 aliphatic carbocycles. The molecular weight excluding hydrogens is 240 g/mol. The quantitative estimate of drug-likeness (QED) is 0.882. The molecule has 1 aromatic rings. The summed E-state index contributed by atoms with van der Waals surface area (Å²) in [4.78, 5) is 23.0. The van der Waals surface area contributed by atoms with Gasteiger partial charge in [-0.15, -0.1) is 0 Å². The molecule has 1 aliphatic heterocycles. The van der Waals surface area contributed by atoms with E-state index < -0.39 is 0 Å². The number of rotatable bonds is 2. The highest BCUT2D eigenvalue weighted by Crippen LogP contribution is 2.36. The van der Waals surface area contributed by atoms with Crippen molar-refractivity contribution in [2.75, 3.05) is 18.9 Å². The van der Waals surface area contributed by atoms with Crippen molar-refractivity contribution in [2.24, 2.45) is 5.92 Å². The van der Waals surface area contributed by atoms with Gasteiger partial charge in [-0.1, -0.05) is 12.8 Å². The molecule has 2 heterocycles. The van der Waals surface area contributed by atoms with E-state index in [4.69, 9.17) is 0 Å². The Hall–Kier alpha value is -1.65. The average molecular weight is 260 g/mol. The number of fused-ring (bicyclic) bond motifs is 1. The van der Waals surface area contributed by atoms with E-state index in [2.05, 4.69) is 15.3 Å². The highest BCUT2D eigenvalue weighted by atomic mass is 16.2.